The summed E-state index contributed by atoms with van der Waals surface area (Å²) in [5.41, 5.74) is 10.0. The highest BCUT2D eigenvalue weighted by Crippen LogP contribution is 1.96. The first-order valence-corrected chi connectivity index (χ1v) is 5.41. The quantitative estimate of drug-likeness (QED) is 0.257. The Hall–Kier alpha value is -1.80. The molecule has 0 heterocycles. The minimum absolute atomic E-state index is 0.0406. The van der Waals surface area contributed by atoms with E-state index in [2.05, 4.69) is 10.9 Å². The number of aliphatic carboxylic acids is 1. The summed E-state index contributed by atoms with van der Waals surface area (Å²) in [6.07, 6.45) is 1.31. The molecule has 0 aromatic carbocycles. The number of carbonyl (C=O) groups excluding carboxylic acids is 3. The van der Waals surface area contributed by atoms with Gasteiger partial charge in [0.15, 0.2) is 0 Å². The van der Waals surface area contributed by atoms with Crippen LogP contribution in [-0.4, -0.2) is 41.6 Å². The second-order valence-corrected chi connectivity index (χ2v) is 3.71. The van der Waals surface area contributed by atoms with Crippen molar-refractivity contribution in [2.45, 2.75) is 37.8 Å². The predicted octanol–water partition coefficient (Wildman–Crippen LogP) is -1.65. The number of hydrogen-bond donors (Lipinski definition) is 4. The third-order valence-corrected chi connectivity index (χ3v) is 2.15. The van der Waals surface area contributed by atoms with Crippen molar-refractivity contribution in [1.29, 1.82) is 0 Å². The zero-order chi connectivity index (χ0) is 14.0. The highest BCUT2D eigenvalue weighted by Gasteiger charge is 2.13. The van der Waals surface area contributed by atoms with Gasteiger partial charge < -0.3 is 20.4 Å². The molecule has 0 saturated carbocycles. The average molecular weight is 259 g/mol. The van der Waals surface area contributed by atoms with Gasteiger partial charge in [-0.05, 0) is 12.8 Å². The number of nitrogens with one attached hydrogen (secondary N) is 2. The highest BCUT2D eigenvalue weighted by molar-refractivity contribution is 5.74. The molecule has 0 rings (SSSR count). The molecule has 8 nitrogen and oxygen atoms in total. The molecule has 102 valence electrons. The number of aldehydes is 2. The number of carboxylic acid groups (broad SMARTS) is 1. The average Bonchev–Trinajstić information content (AvgIpc) is 2.32. The Morgan fingerprint density at radius 2 is 1.50 bits per heavy atom. The van der Waals surface area contributed by atoms with Gasteiger partial charge >= 0.3 is 5.97 Å². The van der Waals surface area contributed by atoms with E-state index in [1.165, 1.54) is 0 Å². The molecule has 0 aromatic heterocycles. The highest BCUT2D eigenvalue weighted by atomic mass is 16.4. The molecule has 0 aliphatic heterocycles. The lowest BCUT2D eigenvalue weighted by molar-refractivity contribution is -0.137. The molecule has 0 bridgehead atoms. The van der Waals surface area contributed by atoms with Gasteiger partial charge in [0, 0.05) is 12.8 Å². The second-order valence-electron chi connectivity index (χ2n) is 3.71. The van der Waals surface area contributed by atoms with Crippen molar-refractivity contribution in [3.8, 4) is 0 Å². The van der Waals surface area contributed by atoms with E-state index in [-0.39, 0.29) is 25.7 Å². The third-order valence-electron chi connectivity index (χ3n) is 2.15. The number of carboxylic acids is 1. The Bertz CT molecular complexity index is 278. The lowest BCUT2D eigenvalue weighted by Crippen LogP contribution is -2.48. The minimum atomic E-state index is -1.01. The molecule has 0 aliphatic carbocycles. The van der Waals surface area contributed by atoms with Gasteiger partial charge in [0.2, 0.25) is 5.91 Å². The van der Waals surface area contributed by atoms with Crippen molar-refractivity contribution in [3.05, 3.63) is 0 Å². The maximum absolute atomic E-state index is 10.6. The standard InChI is InChI=1S/C10H17N3O5/c11-9(16)3-1-7(5-14)12-13-8(6-15)2-4-10(17)18/h5-8,12-13H,1-4H2,(H2,11,16)(H,17,18)/t7-,8-/m0/s1. The van der Waals surface area contributed by atoms with Crippen LogP contribution in [0.25, 0.3) is 0 Å². The molecule has 0 spiro atoms. The summed E-state index contributed by atoms with van der Waals surface area (Å²) in [7, 11) is 0. The maximum Gasteiger partial charge on any atom is 0.303 e. The molecular weight excluding hydrogens is 242 g/mol. The summed E-state index contributed by atoms with van der Waals surface area (Å²) in [5, 5.41) is 8.46. The molecule has 0 radical (unpaired) electrons. The van der Waals surface area contributed by atoms with Gasteiger partial charge in [-0.15, -0.1) is 0 Å². The number of nitrogens with two attached hydrogens (primary N) is 1. The largest absolute Gasteiger partial charge is 0.481 e. The zero-order valence-electron chi connectivity index (χ0n) is 9.80. The van der Waals surface area contributed by atoms with Gasteiger partial charge in [0.1, 0.15) is 12.6 Å². The van der Waals surface area contributed by atoms with Crippen LogP contribution >= 0.6 is 0 Å². The van der Waals surface area contributed by atoms with Crippen LogP contribution in [0.1, 0.15) is 25.7 Å². The molecule has 0 fully saturated rings. The first-order valence-electron chi connectivity index (χ1n) is 5.41. The van der Waals surface area contributed by atoms with Crippen LogP contribution < -0.4 is 16.6 Å². The first kappa shape index (κ1) is 16.2. The van der Waals surface area contributed by atoms with Crippen LogP contribution in [0.3, 0.4) is 0 Å². The maximum atomic E-state index is 10.6. The number of hydrogen-bond acceptors (Lipinski definition) is 6. The molecular formula is C10H17N3O5. The van der Waals surface area contributed by atoms with Gasteiger partial charge in [0.05, 0.1) is 12.1 Å². The summed E-state index contributed by atoms with van der Waals surface area (Å²) in [4.78, 5) is 42.1. The van der Waals surface area contributed by atoms with E-state index in [1.807, 2.05) is 0 Å². The lowest BCUT2D eigenvalue weighted by atomic mass is 10.1. The van der Waals surface area contributed by atoms with E-state index in [1.54, 1.807) is 0 Å². The predicted molar refractivity (Wildman–Crippen MR) is 61.3 cm³/mol. The summed E-state index contributed by atoms with van der Waals surface area (Å²) in [6.45, 7) is 0. The zero-order valence-corrected chi connectivity index (χ0v) is 9.80. The van der Waals surface area contributed by atoms with E-state index >= 15 is 0 Å². The van der Waals surface area contributed by atoms with Crippen molar-refractivity contribution in [2.24, 2.45) is 5.73 Å². The Balaban J connectivity index is 3.99. The fourth-order valence-electron chi connectivity index (χ4n) is 1.14. The smallest absolute Gasteiger partial charge is 0.303 e. The molecule has 18 heavy (non-hydrogen) atoms. The van der Waals surface area contributed by atoms with E-state index in [9.17, 15) is 19.2 Å². The van der Waals surface area contributed by atoms with Gasteiger partial charge in [0.25, 0.3) is 0 Å². The number of amides is 1. The van der Waals surface area contributed by atoms with Crippen LogP contribution in [0.2, 0.25) is 0 Å². The van der Waals surface area contributed by atoms with Crippen LogP contribution in [0.5, 0.6) is 0 Å². The van der Waals surface area contributed by atoms with Crippen LogP contribution in [0.15, 0.2) is 0 Å². The minimum Gasteiger partial charge on any atom is -0.481 e. The van der Waals surface area contributed by atoms with Crippen molar-refractivity contribution in [3.63, 3.8) is 0 Å². The Morgan fingerprint density at radius 1 is 1.06 bits per heavy atom. The van der Waals surface area contributed by atoms with Crippen LogP contribution in [0, 0.1) is 0 Å². The van der Waals surface area contributed by atoms with E-state index in [4.69, 9.17) is 10.8 Å². The SMILES string of the molecule is NC(=O)CC[C@@H](C=O)NN[C@H](C=O)CCC(=O)O. The molecule has 8 heteroatoms. The topological polar surface area (TPSA) is 139 Å². The third kappa shape index (κ3) is 8.36. The van der Waals surface area contributed by atoms with Crippen LogP contribution in [-0.2, 0) is 19.2 Å². The molecule has 1 amide bonds. The van der Waals surface area contributed by atoms with Crippen molar-refractivity contribution < 1.29 is 24.3 Å². The lowest BCUT2D eigenvalue weighted by Gasteiger charge is -2.16. The Morgan fingerprint density at radius 3 is 1.83 bits per heavy atom. The number of hydrazine groups is 1. The number of carbonyl (C=O) groups is 4. The molecule has 2 atom stereocenters. The first-order chi connectivity index (χ1) is 8.49. The van der Waals surface area contributed by atoms with E-state index < -0.39 is 24.0 Å². The molecule has 0 saturated heterocycles. The van der Waals surface area contributed by atoms with Crippen molar-refractivity contribution in [1.82, 2.24) is 10.9 Å². The van der Waals surface area contributed by atoms with E-state index in [0.717, 1.165) is 0 Å². The number of primary amides is 1. The molecule has 5 N–H and O–H groups in total. The Kier molecular flexibility index (Phi) is 8.33. The van der Waals surface area contributed by atoms with Crippen molar-refractivity contribution in [2.75, 3.05) is 0 Å². The molecule has 0 aromatic rings. The molecule has 0 aliphatic rings. The normalized spacial score (nSPS) is 13.6. The Labute approximate surface area is 104 Å². The monoisotopic (exact) mass is 259 g/mol. The molecule has 0 unspecified atom stereocenters. The van der Waals surface area contributed by atoms with E-state index in [0.29, 0.717) is 12.6 Å². The van der Waals surface area contributed by atoms with Gasteiger partial charge in [-0.1, -0.05) is 0 Å². The number of rotatable bonds is 11. The summed E-state index contributed by atoms with van der Waals surface area (Å²) in [6, 6.07) is -1.37. The fraction of sp³-hybridized carbons (Fsp3) is 0.600. The van der Waals surface area contributed by atoms with Gasteiger partial charge in [-0.25, -0.2) is 10.9 Å². The second kappa shape index (κ2) is 9.25. The van der Waals surface area contributed by atoms with Gasteiger partial charge in [-0.2, -0.15) is 0 Å². The van der Waals surface area contributed by atoms with Crippen LogP contribution in [0.4, 0.5) is 0 Å². The summed E-state index contributed by atoms with van der Waals surface area (Å²) < 4.78 is 0. The van der Waals surface area contributed by atoms with Gasteiger partial charge in [-0.3, -0.25) is 9.59 Å². The fourth-order valence-corrected chi connectivity index (χ4v) is 1.14. The van der Waals surface area contributed by atoms with Crippen molar-refractivity contribution >= 4 is 24.4 Å². The summed E-state index contributed by atoms with van der Waals surface area (Å²) >= 11 is 0. The summed E-state index contributed by atoms with van der Waals surface area (Å²) in [5.74, 6) is -1.54.